The molecule has 14 nitrogen and oxygen atoms in total. The van der Waals surface area contributed by atoms with Gasteiger partial charge in [0.25, 0.3) is 5.91 Å². The van der Waals surface area contributed by atoms with Gasteiger partial charge in [0, 0.05) is 67.6 Å². The van der Waals surface area contributed by atoms with Crippen molar-refractivity contribution in [1.82, 2.24) is 35.1 Å². The number of phenolic OH excluding ortho intramolecular Hbond substituents is 1. The Kier molecular flexibility index (Phi) is 13.6. The second kappa shape index (κ2) is 19.1. The Balaban J connectivity index is 1.15. The first-order valence-electron chi connectivity index (χ1n) is 24.3. The molecule has 3 fully saturated rings. The highest BCUT2D eigenvalue weighted by Gasteiger charge is 2.52. The van der Waals surface area contributed by atoms with Crippen LogP contribution in [0.25, 0.3) is 33.3 Å². The number of hydrogen-bond donors (Lipinski definition) is 3. The number of fused-ring (bicyclic) bond motifs is 6. The number of aryl methyl sites for hydroxylation is 1. The van der Waals surface area contributed by atoms with Crippen LogP contribution in [0.4, 0.5) is 0 Å². The molecule has 1 saturated heterocycles. The SMILES string of the molecule is CCn1c(-c2cccnc2C(C)C)c2c3cc(ccc31)-c1cc(O)cc(c1)C[C@H](NC(=O)[C@H](C(C)C)N(C)C(=O)CN(C)C(=O)[C@@H]1C[C@@H]1C1CC1)C(=O)N1CCC[C@H](N1)C(=O)OCC(C)(C)C2. The van der Waals surface area contributed by atoms with Crippen LogP contribution in [0.2, 0.25) is 0 Å². The molecule has 2 aromatic carbocycles. The summed E-state index contributed by atoms with van der Waals surface area (Å²) in [5.41, 5.74) is 10.1. The first kappa shape index (κ1) is 47.7. The van der Waals surface area contributed by atoms with Crippen LogP contribution >= 0.6 is 0 Å². The Morgan fingerprint density at radius 3 is 2.48 bits per heavy atom. The minimum atomic E-state index is -1.16. The Morgan fingerprint density at radius 2 is 1.78 bits per heavy atom. The minimum Gasteiger partial charge on any atom is -0.508 e. The number of ether oxygens (including phenoxy) is 1. The average Bonchev–Trinajstić information content (AvgIpc) is 4.24. The number of pyridine rings is 1. The summed E-state index contributed by atoms with van der Waals surface area (Å²) in [6.45, 7) is 15.2. The number of cyclic esters (lactones) is 1. The molecule has 358 valence electrons. The molecule has 2 aromatic heterocycles. The van der Waals surface area contributed by atoms with Crippen molar-refractivity contribution in [1.29, 1.82) is 0 Å². The molecule has 67 heavy (non-hydrogen) atoms. The van der Waals surface area contributed by atoms with Crippen LogP contribution in [0.1, 0.15) is 103 Å². The van der Waals surface area contributed by atoms with Crippen molar-refractivity contribution in [3.63, 3.8) is 0 Å². The molecular formula is C53H69N7O7. The average molecular weight is 916 g/mol. The van der Waals surface area contributed by atoms with Crippen LogP contribution in [0.3, 0.4) is 0 Å². The number of phenols is 1. The van der Waals surface area contributed by atoms with Crippen molar-refractivity contribution in [2.24, 2.45) is 29.1 Å². The van der Waals surface area contributed by atoms with Crippen LogP contribution < -0.4 is 10.7 Å². The number of aromatic hydroxyl groups is 1. The van der Waals surface area contributed by atoms with E-state index in [1.807, 2.05) is 38.2 Å². The molecule has 8 rings (SSSR count). The highest BCUT2D eigenvalue weighted by Crippen LogP contribution is 2.55. The number of rotatable bonds is 11. The number of benzene rings is 2. The number of amides is 4. The van der Waals surface area contributed by atoms with E-state index in [0.29, 0.717) is 43.2 Å². The summed E-state index contributed by atoms with van der Waals surface area (Å²) in [4.78, 5) is 77.9. The maximum absolute atomic E-state index is 14.7. The van der Waals surface area contributed by atoms with E-state index in [9.17, 15) is 29.1 Å². The van der Waals surface area contributed by atoms with E-state index >= 15 is 0 Å². The normalized spacial score (nSPS) is 22.3. The largest absolute Gasteiger partial charge is 0.508 e. The number of nitrogens with one attached hydrogen (secondary N) is 2. The Morgan fingerprint density at radius 1 is 1.01 bits per heavy atom. The van der Waals surface area contributed by atoms with Crippen LogP contribution in [-0.4, -0.2) is 111 Å². The molecule has 2 aliphatic carbocycles. The fourth-order valence-electron chi connectivity index (χ4n) is 10.6. The van der Waals surface area contributed by atoms with E-state index in [2.05, 4.69) is 68.1 Å². The van der Waals surface area contributed by atoms with Gasteiger partial charge in [-0.3, -0.25) is 34.0 Å². The fourth-order valence-corrected chi connectivity index (χ4v) is 10.6. The molecule has 4 aliphatic rings. The van der Waals surface area contributed by atoms with E-state index in [0.717, 1.165) is 51.0 Å². The van der Waals surface area contributed by atoms with Gasteiger partial charge in [0.1, 0.15) is 23.9 Å². The molecular weight excluding hydrogens is 847 g/mol. The molecule has 0 spiro atoms. The molecule has 2 aliphatic heterocycles. The smallest absolute Gasteiger partial charge is 0.324 e. The molecule has 0 radical (unpaired) electrons. The Bertz CT molecular complexity index is 2560. The number of hydrogen-bond acceptors (Lipinski definition) is 9. The number of carbonyl (C=O) groups excluding carboxylic acids is 5. The quantitative estimate of drug-likeness (QED) is 0.136. The van der Waals surface area contributed by atoms with Gasteiger partial charge in [-0.2, -0.15) is 0 Å². The highest BCUT2D eigenvalue weighted by atomic mass is 16.5. The number of aromatic nitrogens is 2. The van der Waals surface area contributed by atoms with E-state index < -0.39 is 41.3 Å². The zero-order valence-electron chi connectivity index (χ0n) is 40.7. The lowest BCUT2D eigenvalue weighted by Gasteiger charge is -2.37. The van der Waals surface area contributed by atoms with E-state index in [4.69, 9.17) is 9.72 Å². The lowest BCUT2D eigenvalue weighted by molar-refractivity contribution is -0.155. The first-order valence-corrected chi connectivity index (χ1v) is 24.3. The van der Waals surface area contributed by atoms with Crippen molar-refractivity contribution in [3.05, 3.63) is 71.5 Å². The first-order chi connectivity index (χ1) is 31.8. The number of carbonyl (C=O) groups is 5. The highest BCUT2D eigenvalue weighted by molar-refractivity contribution is 5.96. The number of nitrogens with zero attached hydrogens (tertiary/aromatic N) is 5. The minimum absolute atomic E-state index is 0.000436. The van der Waals surface area contributed by atoms with E-state index in [1.54, 1.807) is 26.2 Å². The third-order valence-electron chi connectivity index (χ3n) is 14.3. The topological polar surface area (TPSA) is 166 Å². The lowest BCUT2D eigenvalue weighted by Crippen LogP contribution is -2.62. The van der Waals surface area contributed by atoms with Gasteiger partial charge >= 0.3 is 5.97 Å². The molecule has 0 unspecified atom stereocenters. The number of esters is 1. The number of hydrazine groups is 1. The molecule has 4 amide bonds. The third-order valence-corrected chi connectivity index (χ3v) is 14.3. The summed E-state index contributed by atoms with van der Waals surface area (Å²) in [7, 11) is 3.20. The lowest BCUT2D eigenvalue weighted by atomic mass is 9.83. The van der Waals surface area contributed by atoms with E-state index in [-0.39, 0.29) is 61.4 Å². The van der Waals surface area contributed by atoms with Crippen LogP contribution in [0.15, 0.2) is 54.7 Å². The molecule has 4 aromatic rings. The molecule has 4 heterocycles. The summed E-state index contributed by atoms with van der Waals surface area (Å²) in [5, 5.41) is 16.8. The monoisotopic (exact) mass is 916 g/mol. The van der Waals surface area contributed by atoms with Crippen molar-refractivity contribution >= 4 is 40.5 Å². The summed E-state index contributed by atoms with van der Waals surface area (Å²) in [5.74, 6) is -1.07. The molecule has 6 bridgehead atoms. The van der Waals surface area contributed by atoms with Crippen molar-refractivity contribution in [2.75, 3.05) is 33.8 Å². The zero-order valence-corrected chi connectivity index (χ0v) is 40.7. The van der Waals surface area contributed by atoms with Gasteiger partial charge in [-0.15, -0.1) is 0 Å². The predicted octanol–water partition coefficient (Wildman–Crippen LogP) is 6.86. The van der Waals surface area contributed by atoms with Crippen molar-refractivity contribution in [2.45, 2.75) is 124 Å². The summed E-state index contributed by atoms with van der Waals surface area (Å²) in [6, 6.07) is 12.7. The van der Waals surface area contributed by atoms with Crippen molar-refractivity contribution < 1.29 is 33.8 Å². The van der Waals surface area contributed by atoms with Gasteiger partial charge in [0.05, 0.1) is 24.5 Å². The zero-order chi connectivity index (χ0) is 48.1. The van der Waals surface area contributed by atoms with Crippen LogP contribution in [0, 0.1) is 29.1 Å². The molecule has 2 saturated carbocycles. The van der Waals surface area contributed by atoms with Gasteiger partial charge in [0.2, 0.25) is 17.7 Å². The van der Waals surface area contributed by atoms with Gasteiger partial charge in [0.15, 0.2) is 0 Å². The third kappa shape index (κ3) is 10.1. The van der Waals surface area contributed by atoms with E-state index in [1.165, 1.54) is 27.7 Å². The molecule has 3 N–H and O–H groups in total. The number of likely N-dealkylation sites (N-methyl/N-ethyl adjacent to an activating group) is 2. The van der Waals surface area contributed by atoms with Gasteiger partial charge in [-0.05, 0) is 128 Å². The Hall–Kier alpha value is -5.76. The molecule has 5 atom stereocenters. The Labute approximate surface area is 394 Å². The maximum atomic E-state index is 14.7. The van der Waals surface area contributed by atoms with Crippen LogP contribution in [0.5, 0.6) is 5.75 Å². The van der Waals surface area contributed by atoms with Gasteiger partial charge in [-0.1, -0.05) is 53.7 Å². The van der Waals surface area contributed by atoms with Gasteiger partial charge in [-0.25, -0.2) is 5.43 Å². The standard InChI is InChI=1S/C53H69N7O7/c1-10-59-44-18-17-34-25-39(44)41(48(59)37-13-11-19-54-46(37)30(2)3)27-53(6,7)29-67-52(66)42-14-12-20-60(56-42)51(65)43(23-32-21-35(34)24-36(61)22-32)55-49(63)47(31(4)5)58(9)45(62)28-57(8)50(64)40-26-38(40)33-15-16-33/h11,13,17-19,21-22,24-25,30-31,33,38,40,42-43,47,56,61H,10,12,14-16,20,23,26-29H2,1-9H3,(H,55,63)/t38-,40-,42+,43+,47+/m1/s1. The fraction of sp³-hybridized carbons (Fsp3) is 0.547. The summed E-state index contributed by atoms with van der Waals surface area (Å²) < 4.78 is 8.45. The second-order valence-corrected chi connectivity index (χ2v) is 21.0. The van der Waals surface area contributed by atoms with Crippen molar-refractivity contribution in [3.8, 4) is 28.1 Å². The second-order valence-electron chi connectivity index (χ2n) is 21.0. The maximum Gasteiger partial charge on any atom is 0.324 e. The van der Waals surface area contributed by atoms with Gasteiger partial charge < -0.3 is 29.5 Å². The van der Waals surface area contributed by atoms with Crippen LogP contribution in [-0.2, 0) is 48.1 Å². The molecule has 14 heteroatoms. The summed E-state index contributed by atoms with van der Waals surface area (Å²) in [6.07, 6.45) is 6.59. The predicted molar refractivity (Wildman–Crippen MR) is 257 cm³/mol. The summed E-state index contributed by atoms with van der Waals surface area (Å²) >= 11 is 0.